The fourth-order valence-electron chi connectivity index (χ4n) is 1.65. The van der Waals surface area contributed by atoms with E-state index in [1.54, 1.807) is 0 Å². The van der Waals surface area contributed by atoms with Gasteiger partial charge in [-0.3, -0.25) is 14.4 Å². The predicted octanol–water partition coefficient (Wildman–Crippen LogP) is 3.15. The van der Waals surface area contributed by atoms with Gasteiger partial charge in [-0.05, 0) is 24.3 Å². The maximum atomic E-state index is 11.8. The van der Waals surface area contributed by atoms with Gasteiger partial charge in [0, 0.05) is 0 Å². The first kappa shape index (κ1) is 19.1. The third-order valence-electron chi connectivity index (χ3n) is 2.79. The molecule has 0 spiro atoms. The first-order valence-corrected chi connectivity index (χ1v) is 7.92. The van der Waals surface area contributed by atoms with Crippen molar-refractivity contribution in [3.05, 3.63) is 51.4 Å². The van der Waals surface area contributed by atoms with E-state index in [2.05, 4.69) is 10.6 Å². The molecule has 2 amide bonds. The number of furan rings is 1. The summed E-state index contributed by atoms with van der Waals surface area (Å²) in [4.78, 5) is 34.8. The monoisotopic (exact) mass is 404 g/mol. The van der Waals surface area contributed by atoms with Crippen LogP contribution in [-0.4, -0.2) is 30.9 Å². The van der Waals surface area contributed by atoms with E-state index in [1.807, 2.05) is 0 Å². The summed E-state index contributed by atoms with van der Waals surface area (Å²) in [5.74, 6) is -1.95. The summed E-state index contributed by atoms with van der Waals surface area (Å²) in [6.45, 7) is -0.980. The normalized spacial score (nSPS) is 10.2. The van der Waals surface area contributed by atoms with Gasteiger partial charge in [-0.1, -0.05) is 34.8 Å². The molecule has 2 aromatic rings. The molecule has 25 heavy (non-hydrogen) atoms. The third-order valence-corrected chi connectivity index (χ3v) is 3.82. The summed E-state index contributed by atoms with van der Waals surface area (Å²) in [5, 5.41) is 5.34. The molecular formula is C15H11Cl3N2O5. The molecule has 1 aromatic carbocycles. The fraction of sp³-hybridized carbons (Fsp3) is 0.133. The Morgan fingerprint density at radius 3 is 2.48 bits per heavy atom. The van der Waals surface area contributed by atoms with Crippen molar-refractivity contribution in [1.82, 2.24) is 5.32 Å². The molecule has 2 N–H and O–H groups in total. The smallest absolute Gasteiger partial charge is 0.325 e. The molecule has 0 aliphatic heterocycles. The van der Waals surface area contributed by atoms with Gasteiger partial charge in [-0.25, -0.2) is 0 Å². The summed E-state index contributed by atoms with van der Waals surface area (Å²) in [5.41, 5.74) is 0.225. The van der Waals surface area contributed by atoms with E-state index in [-0.39, 0.29) is 26.5 Å². The number of anilines is 1. The van der Waals surface area contributed by atoms with Crippen LogP contribution < -0.4 is 10.6 Å². The lowest BCUT2D eigenvalue weighted by Crippen LogP contribution is -2.32. The van der Waals surface area contributed by atoms with Crippen LogP contribution in [0.1, 0.15) is 10.6 Å². The summed E-state index contributed by atoms with van der Waals surface area (Å²) < 4.78 is 9.60. The van der Waals surface area contributed by atoms with Crippen molar-refractivity contribution in [2.45, 2.75) is 0 Å². The Hall–Kier alpha value is -2.22. The Morgan fingerprint density at radius 2 is 1.80 bits per heavy atom. The molecule has 2 rings (SSSR count). The van der Waals surface area contributed by atoms with Gasteiger partial charge in [0.1, 0.15) is 6.54 Å². The lowest BCUT2D eigenvalue weighted by Gasteiger charge is -2.09. The molecule has 7 nitrogen and oxygen atoms in total. The van der Waals surface area contributed by atoms with Crippen molar-refractivity contribution in [2.24, 2.45) is 0 Å². The number of benzene rings is 1. The van der Waals surface area contributed by atoms with Gasteiger partial charge in [0.2, 0.25) is 0 Å². The van der Waals surface area contributed by atoms with Crippen LogP contribution in [0.3, 0.4) is 0 Å². The highest BCUT2D eigenvalue weighted by Gasteiger charge is 2.14. The molecule has 0 fully saturated rings. The quantitative estimate of drug-likeness (QED) is 0.568. The van der Waals surface area contributed by atoms with E-state index in [0.29, 0.717) is 0 Å². The largest absolute Gasteiger partial charge is 0.459 e. The Kier molecular flexibility index (Phi) is 6.69. The van der Waals surface area contributed by atoms with Gasteiger partial charge >= 0.3 is 5.97 Å². The Balaban J connectivity index is 1.77. The second-order valence-electron chi connectivity index (χ2n) is 4.62. The molecule has 0 aliphatic rings. The van der Waals surface area contributed by atoms with Crippen molar-refractivity contribution in [2.75, 3.05) is 18.5 Å². The highest BCUT2D eigenvalue weighted by Crippen LogP contribution is 2.32. The van der Waals surface area contributed by atoms with Gasteiger partial charge in [-0.15, -0.1) is 0 Å². The number of amides is 2. The zero-order valence-corrected chi connectivity index (χ0v) is 14.7. The highest BCUT2D eigenvalue weighted by atomic mass is 35.5. The number of esters is 1. The van der Waals surface area contributed by atoms with Crippen molar-refractivity contribution in [3.8, 4) is 0 Å². The second-order valence-corrected chi connectivity index (χ2v) is 5.84. The molecule has 0 unspecified atom stereocenters. The molecule has 0 bridgehead atoms. The zero-order valence-electron chi connectivity index (χ0n) is 12.5. The summed E-state index contributed by atoms with van der Waals surface area (Å²) in [7, 11) is 0. The van der Waals surface area contributed by atoms with Crippen molar-refractivity contribution in [3.63, 3.8) is 0 Å². The number of hydrogen-bond donors (Lipinski definition) is 2. The van der Waals surface area contributed by atoms with Crippen LogP contribution in [0, 0.1) is 0 Å². The van der Waals surface area contributed by atoms with E-state index >= 15 is 0 Å². The molecule has 1 heterocycles. The highest BCUT2D eigenvalue weighted by molar-refractivity contribution is 6.44. The van der Waals surface area contributed by atoms with E-state index in [0.717, 1.165) is 0 Å². The molecule has 132 valence electrons. The van der Waals surface area contributed by atoms with E-state index in [9.17, 15) is 14.4 Å². The molecule has 10 heteroatoms. The van der Waals surface area contributed by atoms with Crippen molar-refractivity contribution < 1.29 is 23.5 Å². The van der Waals surface area contributed by atoms with Gasteiger partial charge in [0.05, 0.1) is 27.0 Å². The van der Waals surface area contributed by atoms with Crippen LogP contribution in [0.15, 0.2) is 34.9 Å². The molecule has 1 aromatic heterocycles. The van der Waals surface area contributed by atoms with E-state index in [4.69, 9.17) is 44.0 Å². The Labute approximate surface area is 157 Å². The first-order chi connectivity index (χ1) is 11.9. The van der Waals surface area contributed by atoms with Crippen LogP contribution >= 0.6 is 34.8 Å². The van der Waals surface area contributed by atoms with Crippen LogP contribution in [0.5, 0.6) is 0 Å². The standard InChI is InChI=1S/C15H11Cl3N2O5/c16-8-4-10(18)11(5-9(8)17)20-13(21)7-25-14(22)6-19-15(23)12-2-1-3-24-12/h1-5H,6-7H2,(H,19,23)(H,20,21). The van der Waals surface area contributed by atoms with Crippen molar-refractivity contribution in [1.29, 1.82) is 0 Å². The van der Waals surface area contributed by atoms with Gasteiger partial charge < -0.3 is 19.8 Å². The topological polar surface area (TPSA) is 97.6 Å². The predicted molar refractivity (Wildman–Crippen MR) is 92.1 cm³/mol. The maximum absolute atomic E-state index is 11.8. The minimum absolute atomic E-state index is 0.0554. The summed E-state index contributed by atoms with van der Waals surface area (Å²) in [6, 6.07) is 5.72. The van der Waals surface area contributed by atoms with Gasteiger partial charge in [0.15, 0.2) is 12.4 Å². The average molecular weight is 406 g/mol. The minimum Gasteiger partial charge on any atom is -0.459 e. The molecule has 0 atom stereocenters. The second kappa shape index (κ2) is 8.75. The number of carbonyl (C=O) groups excluding carboxylic acids is 3. The van der Waals surface area contributed by atoms with Crippen LogP contribution in [0.4, 0.5) is 5.69 Å². The number of ether oxygens (including phenoxy) is 1. The van der Waals surface area contributed by atoms with Gasteiger partial charge in [-0.2, -0.15) is 0 Å². The molecule has 0 saturated heterocycles. The van der Waals surface area contributed by atoms with Crippen molar-refractivity contribution >= 4 is 58.3 Å². The molecule has 0 radical (unpaired) electrons. The number of nitrogens with one attached hydrogen (secondary N) is 2. The molecule has 0 saturated carbocycles. The van der Waals surface area contributed by atoms with Crippen LogP contribution in [0.2, 0.25) is 15.1 Å². The summed E-state index contributed by atoms with van der Waals surface area (Å²) in [6.07, 6.45) is 1.33. The van der Waals surface area contributed by atoms with E-state index in [1.165, 1.54) is 30.5 Å². The SMILES string of the molecule is O=C(COC(=O)CNC(=O)c1ccco1)Nc1cc(Cl)c(Cl)cc1Cl. The Morgan fingerprint density at radius 1 is 1.08 bits per heavy atom. The van der Waals surface area contributed by atoms with Crippen LogP contribution in [-0.2, 0) is 14.3 Å². The number of rotatable bonds is 6. The first-order valence-electron chi connectivity index (χ1n) is 6.78. The maximum Gasteiger partial charge on any atom is 0.325 e. The number of hydrogen-bond acceptors (Lipinski definition) is 5. The van der Waals surface area contributed by atoms with Gasteiger partial charge in [0.25, 0.3) is 11.8 Å². The lowest BCUT2D eigenvalue weighted by molar-refractivity contribution is -0.146. The molecule has 0 aliphatic carbocycles. The third kappa shape index (κ3) is 5.67. The Bertz CT molecular complexity index is 793. The van der Waals surface area contributed by atoms with Crippen LogP contribution in [0.25, 0.3) is 0 Å². The summed E-state index contributed by atoms with van der Waals surface area (Å²) >= 11 is 17.5. The fourth-order valence-corrected chi connectivity index (χ4v) is 2.24. The number of carbonyl (C=O) groups is 3. The zero-order chi connectivity index (χ0) is 18.4. The molecular weight excluding hydrogens is 395 g/mol. The van der Waals surface area contributed by atoms with E-state index < -0.39 is 30.9 Å². The minimum atomic E-state index is -0.796. The average Bonchev–Trinajstić information content (AvgIpc) is 3.10. The number of halogens is 3. The lowest BCUT2D eigenvalue weighted by atomic mass is 10.3.